The Labute approximate surface area is 152 Å². The van der Waals surface area contributed by atoms with E-state index in [4.69, 9.17) is 9.26 Å². The number of ether oxygens (including phenoxy) is 1. The molecule has 0 saturated heterocycles. The van der Waals surface area contributed by atoms with Crippen LogP contribution in [0.25, 0.3) is 22.8 Å². The summed E-state index contributed by atoms with van der Waals surface area (Å²) in [4.78, 5) is 4.60. The highest BCUT2D eigenvalue weighted by Gasteiger charge is 2.21. The van der Waals surface area contributed by atoms with Gasteiger partial charge in [-0.3, -0.25) is 0 Å². The van der Waals surface area contributed by atoms with Gasteiger partial charge in [0.15, 0.2) is 0 Å². The molecular weight excluding hydrogens is 326 g/mol. The summed E-state index contributed by atoms with van der Waals surface area (Å²) >= 11 is 0. The van der Waals surface area contributed by atoms with E-state index in [2.05, 4.69) is 22.3 Å². The molecule has 0 spiro atoms. The van der Waals surface area contributed by atoms with Crippen LogP contribution in [0.1, 0.15) is 37.0 Å². The van der Waals surface area contributed by atoms with Crippen LogP contribution < -0.4 is 4.74 Å². The predicted molar refractivity (Wildman–Crippen MR) is 97.7 cm³/mol. The van der Waals surface area contributed by atoms with E-state index in [-0.39, 0.29) is 6.10 Å². The lowest BCUT2D eigenvalue weighted by Gasteiger charge is -2.12. The van der Waals surface area contributed by atoms with Crippen molar-refractivity contribution in [2.45, 2.75) is 39.2 Å². The molecule has 5 heteroatoms. The van der Waals surface area contributed by atoms with Gasteiger partial charge in [0.2, 0.25) is 5.82 Å². The van der Waals surface area contributed by atoms with Gasteiger partial charge < -0.3 is 9.26 Å². The molecule has 5 nitrogen and oxygen atoms in total. The molecule has 130 valence electrons. The SMILES string of the molecule is CC(C)Oc1ccc(C#N)cc1-c1nc(-c2cccc3c2CCC3)no1. The van der Waals surface area contributed by atoms with Crippen molar-refractivity contribution < 1.29 is 9.26 Å². The normalized spacial score (nSPS) is 12.8. The van der Waals surface area contributed by atoms with Crippen molar-refractivity contribution in [3.63, 3.8) is 0 Å². The Kier molecular flexibility index (Phi) is 4.18. The zero-order valence-corrected chi connectivity index (χ0v) is 14.8. The molecule has 1 heterocycles. The van der Waals surface area contributed by atoms with Gasteiger partial charge in [-0.15, -0.1) is 0 Å². The summed E-state index contributed by atoms with van der Waals surface area (Å²) in [7, 11) is 0. The van der Waals surface area contributed by atoms with E-state index >= 15 is 0 Å². The minimum absolute atomic E-state index is 0.00136. The fourth-order valence-corrected chi connectivity index (χ4v) is 3.39. The fraction of sp³-hybridized carbons (Fsp3) is 0.286. The van der Waals surface area contributed by atoms with E-state index in [0.717, 1.165) is 24.8 Å². The minimum atomic E-state index is 0.00136. The lowest BCUT2D eigenvalue weighted by Crippen LogP contribution is -2.06. The van der Waals surface area contributed by atoms with Gasteiger partial charge in [-0.1, -0.05) is 23.4 Å². The first-order valence-corrected chi connectivity index (χ1v) is 8.81. The summed E-state index contributed by atoms with van der Waals surface area (Å²) in [6, 6.07) is 13.6. The van der Waals surface area contributed by atoms with Gasteiger partial charge in [0, 0.05) is 5.56 Å². The first-order valence-electron chi connectivity index (χ1n) is 8.81. The highest BCUT2D eigenvalue weighted by Crippen LogP contribution is 2.34. The van der Waals surface area contributed by atoms with Gasteiger partial charge in [-0.2, -0.15) is 10.2 Å². The second kappa shape index (κ2) is 6.64. The van der Waals surface area contributed by atoms with Crippen LogP contribution in [0.2, 0.25) is 0 Å². The van der Waals surface area contributed by atoms with Gasteiger partial charge in [0.1, 0.15) is 5.75 Å². The Morgan fingerprint density at radius 2 is 2.04 bits per heavy atom. The summed E-state index contributed by atoms with van der Waals surface area (Å²) in [5.74, 6) is 1.58. The summed E-state index contributed by atoms with van der Waals surface area (Å²) in [6.45, 7) is 3.91. The first kappa shape index (κ1) is 16.3. The van der Waals surface area contributed by atoms with Crippen molar-refractivity contribution in [2.75, 3.05) is 0 Å². The molecular formula is C21H19N3O2. The number of aromatic nitrogens is 2. The zero-order valence-electron chi connectivity index (χ0n) is 14.8. The number of nitrogens with zero attached hydrogens (tertiary/aromatic N) is 3. The van der Waals surface area contributed by atoms with Gasteiger partial charge in [-0.25, -0.2) is 0 Å². The number of hydrogen-bond donors (Lipinski definition) is 0. The Balaban J connectivity index is 1.77. The third-order valence-electron chi connectivity index (χ3n) is 4.51. The number of aryl methyl sites for hydroxylation is 1. The van der Waals surface area contributed by atoms with Crippen molar-refractivity contribution in [1.29, 1.82) is 5.26 Å². The smallest absolute Gasteiger partial charge is 0.262 e. The topological polar surface area (TPSA) is 71.9 Å². The minimum Gasteiger partial charge on any atom is -0.490 e. The van der Waals surface area contributed by atoms with E-state index in [9.17, 15) is 5.26 Å². The van der Waals surface area contributed by atoms with Gasteiger partial charge in [-0.05, 0) is 62.4 Å². The molecule has 4 rings (SSSR count). The maximum atomic E-state index is 9.21. The van der Waals surface area contributed by atoms with Gasteiger partial charge in [0.05, 0.1) is 23.3 Å². The molecule has 0 aliphatic heterocycles. The van der Waals surface area contributed by atoms with Crippen molar-refractivity contribution >= 4 is 0 Å². The molecule has 0 saturated carbocycles. The van der Waals surface area contributed by atoms with Crippen molar-refractivity contribution in [3.8, 4) is 34.7 Å². The molecule has 0 atom stereocenters. The van der Waals surface area contributed by atoms with E-state index in [0.29, 0.717) is 28.6 Å². The fourth-order valence-electron chi connectivity index (χ4n) is 3.39. The Hall–Kier alpha value is -3.13. The maximum absolute atomic E-state index is 9.21. The van der Waals surface area contributed by atoms with Crippen LogP contribution in [-0.2, 0) is 12.8 Å². The number of nitriles is 1. The molecule has 1 aromatic heterocycles. The summed E-state index contributed by atoms with van der Waals surface area (Å²) in [5.41, 5.74) is 4.87. The summed E-state index contributed by atoms with van der Waals surface area (Å²) in [6.07, 6.45) is 3.31. The lowest BCUT2D eigenvalue weighted by molar-refractivity contribution is 0.242. The molecule has 2 aromatic carbocycles. The van der Waals surface area contributed by atoms with Crippen LogP contribution in [0.5, 0.6) is 5.75 Å². The van der Waals surface area contributed by atoms with Gasteiger partial charge in [0.25, 0.3) is 5.89 Å². The van der Waals surface area contributed by atoms with E-state index in [1.54, 1.807) is 18.2 Å². The van der Waals surface area contributed by atoms with Crippen molar-refractivity contribution in [1.82, 2.24) is 10.1 Å². The molecule has 1 aliphatic rings. The second-order valence-electron chi connectivity index (χ2n) is 6.71. The van der Waals surface area contributed by atoms with Gasteiger partial charge >= 0.3 is 0 Å². The Morgan fingerprint density at radius 3 is 2.85 bits per heavy atom. The number of hydrogen-bond acceptors (Lipinski definition) is 5. The third kappa shape index (κ3) is 2.95. The molecule has 0 bridgehead atoms. The lowest BCUT2D eigenvalue weighted by atomic mass is 10.0. The molecule has 1 aliphatic carbocycles. The highest BCUT2D eigenvalue weighted by molar-refractivity contribution is 5.69. The molecule has 0 fully saturated rings. The van der Waals surface area contributed by atoms with E-state index in [1.807, 2.05) is 26.0 Å². The summed E-state index contributed by atoms with van der Waals surface area (Å²) in [5, 5.41) is 13.4. The molecule has 0 N–H and O–H groups in total. The average Bonchev–Trinajstić information content (AvgIpc) is 3.30. The number of benzene rings is 2. The van der Waals surface area contributed by atoms with Crippen LogP contribution in [0.3, 0.4) is 0 Å². The summed E-state index contributed by atoms with van der Waals surface area (Å²) < 4.78 is 11.4. The average molecular weight is 345 g/mol. The standard InChI is InChI=1S/C21H19N3O2/c1-13(2)25-19-10-9-14(12-22)11-18(19)21-23-20(24-26-21)17-8-4-6-15-5-3-7-16(15)17/h4,6,8-11,13H,3,5,7H2,1-2H3. The van der Waals surface area contributed by atoms with E-state index in [1.165, 1.54) is 11.1 Å². The molecule has 26 heavy (non-hydrogen) atoms. The molecule has 0 unspecified atom stereocenters. The number of rotatable bonds is 4. The number of fused-ring (bicyclic) bond motifs is 1. The first-order chi connectivity index (χ1) is 12.7. The second-order valence-corrected chi connectivity index (χ2v) is 6.71. The van der Waals surface area contributed by atoms with Crippen LogP contribution in [0.4, 0.5) is 0 Å². The van der Waals surface area contributed by atoms with Crippen molar-refractivity contribution in [2.24, 2.45) is 0 Å². The van der Waals surface area contributed by atoms with Crippen LogP contribution in [0, 0.1) is 11.3 Å². The largest absolute Gasteiger partial charge is 0.490 e. The predicted octanol–water partition coefficient (Wildman–Crippen LogP) is 4.55. The third-order valence-corrected chi connectivity index (χ3v) is 4.51. The quantitative estimate of drug-likeness (QED) is 0.693. The zero-order chi connectivity index (χ0) is 18.1. The van der Waals surface area contributed by atoms with Crippen LogP contribution >= 0.6 is 0 Å². The maximum Gasteiger partial charge on any atom is 0.262 e. The van der Waals surface area contributed by atoms with Crippen LogP contribution in [0.15, 0.2) is 40.9 Å². The Bertz CT molecular complexity index is 999. The highest BCUT2D eigenvalue weighted by atomic mass is 16.5. The Morgan fingerprint density at radius 1 is 1.15 bits per heavy atom. The molecule has 0 amide bonds. The monoisotopic (exact) mass is 345 g/mol. The molecule has 3 aromatic rings. The van der Waals surface area contributed by atoms with Crippen LogP contribution in [-0.4, -0.2) is 16.2 Å². The molecule has 0 radical (unpaired) electrons. The van der Waals surface area contributed by atoms with E-state index < -0.39 is 0 Å². The van der Waals surface area contributed by atoms with Crippen molar-refractivity contribution in [3.05, 3.63) is 53.1 Å².